The smallest absolute Gasteiger partial charge is 0.416 e. The second kappa shape index (κ2) is 7.46. The average molecular weight is 391 g/mol. The molecule has 0 aliphatic carbocycles. The molecule has 8 heteroatoms. The van der Waals surface area contributed by atoms with Gasteiger partial charge in [-0.15, -0.1) is 0 Å². The van der Waals surface area contributed by atoms with E-state index in [-0.39, 0.29) is 11.4 Å². The van der Waals surface area contributed by atoms with Crippen LogP contribution in [-0.2, 0) is 12.7 Å². The number of fused-ring (bicyclic) bond motifs is 1. The summed E-state index contributed by atoms with van der Waals surface area (Å²) in [5.41, 5.74) is 1.69. The van der Waals surface area contributed by atoms with E-state index in [1.165, 1.54) is 13.2 Å². The highest BCUT2D eigenvalue weighted by atomic mass is 19.4. The van der Waals surface area contributed by atoms with Gasteiger partial charge in [0.05, 0.1) is 29.6 Å². The molecule has 1 aromatic heterocycles. The Kier molecular flexibility index (Phi) is 5.22. The summed E-state index contributed by atoms with van der Waals surface area (Å²) < 4.78 is 46.0. The van der Waals surface area contributed by atoms with Gasteiger partial charge in [0.1, 0.15) is 5.75 Å². The summed E-state index contributed by atoms with van der Waals surface area (Å²) in [6, 6.07) is 7.80. The number of alkyl halides is 3. The predicted octanol–water partition coefficient (Wildman–Crippen LogP) is 5.64. The minimum atomic E-state index is -4.52. The van der Waals surface area contributed by atoms with Gasteiger partial charge in [0.15, 0.2) is 0 Å². The largest absolute Gasteiger partial charge is 0.495 e. The van der Waals surface area contributed by atoms with Crippen LogP contribution in [0.1, 0.15) is 18.1 Å². The van der Waals surface area contributed by atoms with Gasteiger partial charge in [-0.3, -0.25) is 0 Å². The summed E-state index contributed by atoms with van der Waals surface area (Å²) in [7, 11) is 1.32. The van der Waals surface area contributed by atoms with Crippen LogP contribution >= 0.6 is 0 Å². The van der Waals surface area contributed by atoms with Crippen LogP contribution in [0.15, 0.2) is 42.6 Å². The molecule has 3 aromatic rings. The summed E-state index contributed by atoms with van der Waals surface area (Å²) in [6.45, 7) is 4.78. The van der Waals surface area contributed by atoms with Crippen LogP contribution in [0.4, 0.5) is 29.3 Å². The Morgan fingerprint density at radius 2 is 1.82 bits per heavy atom. The molecule has 0 radical (unpaired) electrons. The highest BCUT2D eigenvalue weighted by molar-refractivity contribution is 6.06. The van der Waals surface area contributed by atoms with Gasteiger partial charge in [0.2, 0.25) is 0 Å². The number of carbonyl (C=O) groups excluding carboxylic acids is 1. The second-order valence-electron chi connectivity index (χ2n) is 6.29. The van der Waals surface area contributed by atoms with Crippen LogP contribution < -0.4 is 15.4 Å². The maximum absolute atomic E-state index is 13.0. The number of halogens is 3. The van der Waals surface area contributed by atoms with Crippen molar-refractivity contribution in [3.05, 3.63) is 53.7 Å². The molecule has 148 valence electrons. The SMILES string of the molecule is CCn1ccc2c(NC(=O)Nc3cc(C(F)(F)F)ccc3OC)ccc(C)c21. The van der Waals surface area contributed by atoms with Crippen LogP contribution in [0.25, 0.3) is 10.9 Å². The second-order valence-corrected chi connectivity index (χ2v) is 6.29. The van der Waals surface area contributed by atoms with E-state index in [0.29, 0.717) is 5.69 Å². The lowest BCUT2D eigenvalue weighted by Crippen LogP contribution is -2.20. The lowest BCUT2D eigenvalue weighted by Gasteiger charge is -2.15. The van der Waals surface area contributed by atoms with E-state index in [1.54, 1.807) is 6.07 Å². The molecule has 0 unspecified atom stereocenters. The van der Waals surface area contributed by atoms with Crippen molar-refractivity contribution in [3.8, 4) is 5.75 Å². The Hall–Kier alpha value is -3.16. The van der Waals surface area contributed by atoms with E-state index in [4.69, 9.17) is 4.74 Å². The van der Waals surface area contributed by atoms with Crippen LogP contribution in [0.5, 0.6) is 5.75 Å². The van der Waals surface area contributed by atoms with Crippen molar-refractivity contribution in [2.24, 2.45) is 0 Å². The summed E-state index contributed by atoms with van der Waals surface area (Å²) in [5, 5.41) is 6.00. The monoisotopic (exact) mass is 391 g/mol. The van der Waals surface area contributed by atoms with E-state index in [2.05, 4.69) is 15.2 Å². The topological polar surface area (TPSA) is 55.3 Å². The number of benzene rings is 2. The molecule has 0 aliphatic heterocycles. The third-order valence-corrected chi connectivity index (χ3v) is 4.49. The number of hydrogen-bond acceptors (Lipinski definition) is 2. The van der Waals surface area contributed by atoms with Crippen molar-refractivity contribution in [1.29, 1.82) is 0 Å². The fourth-order valence-corrected chi connectivity index (χ4v) is 3.14. The first kappa shape index (κ1) is 19.6. The van der Waals surface area contributed by atoms with Gasteiger partial charge in [-0.2, -0.15) is 13.2 Å². The Bertz CT molecular complexity index is 1030. The number of aromatic nitrogens is 1. The quantitative estimate of drug-likeness (QED) is 0.605. The first-order valence-electron chi connectivity index (χ1n) is 8.66. The fraction of sp³-hybridized carbons (Fsp3) is 0.250. The van der Waals surface area contributed by atoms with E-state index < -0.39 is 17.8 Å². The predicted molar refractivity (Wildman–Crippen MR) is 103 cm³/mol. The molecule has 5 nitrogen and oxygen atoms in total. The zero-order valence-corrected chi connectivity index (χ0v) is 15.6. The van der Waals surface area contributed by atoms with Gasteiger partial charge >= 0.3 is 12.2 Å². The van der Waals surface area contributed by atoms with Crippen LogP contribution in [0.3, 0.4) is 0 Å². The van der Waals surface area contributed by atoms with Gasteiger partial charge in [-0.05, 0) is 49.7 Å². The molecule has 0 saturated carbocycles. The minimum Gasteiger partial charge on any atom is -0.495 e. The molecule has 0 saturated heterocycles. The van der Waals surface area contributed by atoms with Gasteiger partial charge in [-0.25, -0.2) is 4.79 Å². The molecule has 0 atom stereocenters. The molecule has 1 heterocycles. The number of nitrogens with one attached hydrogen (secondary N) is 2. The molecule has 0 aliphatic rings. The van der Waals surface area contributed by atoms with E-state index in [0.717, 1.165) is 35.1 Å². The molecule has 2 N–H and O–H groups in total. The number of carbonyl (C=O) groups is 1. The van der Waals surface area contributed by atoms with E-state index >= 15 is 0 Å². The van der Waals surface area contributed by atoms with E-state index in [9.17, 15) is 18.0 Å². The average Bonchev–Trinajstić information content (AvgIpc) is 3.08. The number of amides is 2. The lowest BCUT2D eigenvalue weighted by atomic mass is 10.1. The highest BCUT2D eigenvalue weighted by Crippen LogP contribution is 2.35. The third-order valence-electron chi connectivity index (χ3n) is 4.49. The molecule has 0 fully saturated rings. The Labute approximate surface area is 160 Å². The summed E-state index contributed by atoms with van der Waals surface area (Å²) in [4.78, 5) is 12.5. The Morgan fingerprint density at radius 3 is 2.46 bits per heavy atom. The molecular formula is C20H20F3N3O2. The molecule has 2 amide bonds. The van der Waals surface area contributed by atoms with Crippen molar-refractivity contribution in [3.63, 3.8) is 0 Å². The normalized spacial score (nSPS) is 11.5. The molecular weight excluding hydrogens is 371 g/mol. The van der Waals surface area contributed by atoms with Crippen LogP contribution in [0, 0.1) is 6.92 Å². The molecule has 3 rings (SSSR count). The van der Waals surface area contributed by atoms with Crippen molar-refractivity contribution in [1.82, 2.24) is 4.57 Å². The number of ether oxygens (including phenoxy) is 1. The summed E-state index contributed by atoms with van der Waals surface area (Å²) in [6.07, 6.45) is -2.60. The van der Waals surface area contributed by atoms with Gasteiger partial charge in [-0.1, -0.05) is 6.07 Å². The van der Waals surface area contributed by atoms with Crippen molar-refractivity contribution in [2.75, 3.05) is 17.7 Å². The lowest BCUT2D eigenvalue weighted by molar-refractivity contribution is -0.137. The van der Waals surface area contributed by atoms with Crippen molar-refractivity contribution < 1.29 is 22.7 Å². The Morgan fingerprint density at radius 1 is 1.11 bits per heavy atom. The van der Waals surface area contributed by atoms with E-state index in [1.807, 2.05) is 32.2 Å². The van der Waals surface area contributed by atoms with Crippen molar-refractivity contribution in [2.45, 2.75) is 26.6 Å². The van der Waals surface area contributed by atoms with Gasteiger partial charge in [0.25, 0.3) is 0 Å². The number of hydrogen-bond donors (Lipinski definition) is 2. The van der Waals surface area contributed by atoms with Crippen LogP contribution in [0.2, 0.25) is 0 Å². The van der Waals surface area contributed by atoms with Crippen LogP contribution in [-0.4, -0.2) is 17.7 Å². The summed E-state index contributed by atoms with van der Waals surface area (Å²) in [5.74, 6) is 0.134. The number of methoxy groups -OCH3 is 1. The maximum Gasteiger partial charge on any atom is 0.416 e. The number of anilines is 2. The zero-order valence-electron chi connectivity index (χ0n) is 15.6. The fourth-order valence-electron chi connectivity index (χ4n) is 3.14. The summed E-state index contributed by atoms with van der Waals surface area (Å²) >= 11 is 0. The van der Waals surface area contributed by atoms with Gasteiger partial charge < -0.3 is 19.9 Å². The minimum absolute atomic E-state index is 0.0655. The standard InChI is InChI=1S/C20H20F3N3O2/c1-4-26-10-9-14-15(7-5-12(2)18(14)26)24-19(27)25-16-11-13(20(21,22)23)6-8-17(16)28-3/h5-11H,4H2,1-3H3,(H2,24,25,27). The number of urea groups is 1. The first-order valence-corrected chi connectivity index (χ1v) is 8.66. The maximum atomic E-state index is 13.0. The van der Waals surface area contributed by atoms with Crippen molar-refractivity contribution >= 4 is 28.3 Å². The third kappa shape index (κ3) is 3.76. The first-order chi connectivity index (χ1) is 13.2. The highest BCUT2D eigenvalue weighted by Gasteiger charge is 2.31. The Balaban J connectivity index is 1.88. The molecule has 0 bridgehead atoms. The number of rotatable bonds is 4. The number of nitrogens with zero attached hydrogens (tertiary/aromatic N) is 1. The zero-order chi connectivity index (χ0) is 20.5. The molecule has 0 spiro atoms. The van der Waals surface area contributed by atoms with Gasteiger partial charge in [0, 0.05) is 18.1 Å². The molecule has 28 heavy (non-hydrogen) atoms. The number of aryl methyl sites for hydroxylation is 2. The molecule has 2 aromatic carbocycles.